The van der Waals surface area contributed by atoms with Gasteiger partial charge in [0.15, 0.2) is 0 Å². The summed E-state index contributed by atoms with van der Waals surface area (Å²) in [6.45, 7) is 7.75. The first kappa shape index (κ1) is 22.8. The normalized spacial score (nSPS) is 25.2. The van der Waals surface area contributed by atoms with Crippen LogP contribution in [0.25, 0.3) is 0 Å². The number of carbonyl (C=O) groups excluding carboxylic acids is 1. The number of amides is 1. The lowest BCUT2D eigenvalue weighted by molar-refractivity contribution is -0.156. The zero-order valence-electron chi connectivity index (χ0n) is 17.4. The second kappa shape index (κ2) is 9.51. The molecule has 30 heavy (non-hydrogen) atoms. The molecule has 1 aromatic heterocycles. The summed E-state index contributed by atoms with van der Waals surface area (Å²) in [5.41, 5.74) is 1.33. The molecule has 2 aromatic rings. The van der Waals surface area contributed by atoms with Crippen LogP contribution in [0.2, 0.25) is 10.0 Å². The molecule has 1 amide bonds. The molecule has 1 saturated heterocycles. The summed E-state index contributed by atoms with van der Waals surface area (Å²) < 4.78 is 0. The smallest absolute Gasteiger partial charge is 0.229 e. The molecule has 2 heterocycles. The Morgan fingerprint density at radius 1 is 1.27 bits per heavy atom. The van der Waals surface area contributed by atoms with Crippen LogP contribution in [0.15, 0.2) is 55.4 Å². The number of aromatic nitrogens is 1. The maximum Gasteiger partial charge on any atom is 0.229 e. The number of pyridine rings is 1. The highest BCUT2D eigenvalue weighted by Crippen LogP contribution is 2.52. The first-order valence-corrected chi connectivity index (χ1v) is 11.0. The molecule has 1 aliphatic heterocycles. The van der Waals surface area contributed by atoms with Gasteiger partial charge in [0.05, 0.1) is 29.1 Å². The van der Waals surface area contributed by atoms with Crippen LogP contribution in [-0.2, 0) is 4.79 Å². The molecule has 1 fully saturated rings. The number of hydrogen-bond acceptors (Lipinski definition) is 3. The van der Waals surface area contributed by atoms with Crippen molar-refractivity contribution in [2.45, 2.75) is 51.1 Å². The zero-order valence-corrected chi connectivity index (χ0v) is 18.9. The Bertz CT molecular complexity index is 898. The predicted molar refractivity (Wildman–Crippen MR) is 122 cm³/mol. The van der Waals surface area contributed by atoms with Gasteiger partial charge in [0.25, 0.3) is 0 Å². The summed E-state index contributed by atoms with van der Waals surface area (Å²) in [7, 11) is 0. The Morgan fingerprint density at radius 2 is 1.97 bits per heavy atom. The highest BCUT2D eigenvalue weighted by Gasteiger charge is 2.50. The molecule has 0 aliphatic carbocycles. The molecular weight excluding hydrogens is 419 g/mol. The van der Waals surface area contributed by atoms with Crippen molar-refractivity contribution in [1.82, 2.24) is 9.88 Å². The average molecular weight is 447 g/mol. The van der Waals surface area contributed by atoms with Crippen molar-refractivity contribution in [3.8, 4) is 0 Å². The summed E-state index contributed by atoms with van der Waals surface area (Å²) in [4.78, 5) is 20.0. The maximum atomic E-state index is 13.8. The van der Waals surface area contributed by atoms with E-state index in [1.807, 2.05) is 55.3 Å². The van der Waals surface area contributed by atoms with E-state index in [0.717, 1.165) is 11.1 Å². The lowest BCUT2D eigenvalue weighted by Gasteiger charge is -2.51. The second-order valence-electron chi connectivity index (χ2n) is 8.25. The molecular formula is C24H28Cl2N2O2. The minimum atomic E-state index is -0.625. The Balaban J connectivity index is 2.22. The highest BCUT2D eigenvalue weighted by atomic mass is 35.5. The summed E-state index contributed by atoms with van der Waals surface area (Å²) in [6, 6.07) is 8.96. The fourth-order valence-electron chi connectivity index (χ4n) is 4.60. The van der Waals surface area contributed by atoms with Gasteiger partial charge in [0.1, 0.15) is 0 Å². The van der Waals surface area contributed by atoms with Crippen molar-refractivity contribution < 1.29 is 9.90 Å². The first-order valence-electron chi connectivity index (χ1n) is 10.2. The Hall–Kier alpha value is -1.88. The predicted octanol–water partition coefficient (Wildman–Crippen LogP) is 5.80. The Labute approximate surface area is 188 Å². The van der Waals surface area contributed by atoms with E-state index in [4.69, 9.17) is 23.2 Å². The molecule has 0 spiro atoms. The highest BCUT2D eigenvalue weighted by molar-refractivity contribution is 6.30. The van der Waals surface area contributed by atoms with E-state index < -0.39 is 5.41 Å². The number of allylic oxidation sites excluding steroid dienone is 1. The molecule has 0 bridgehead atoms. The van der Waals surface area contributed by atoms with Crippen molar-refractivity contribution in [3.05, 3.63) is 76.6 Å². The number of rotatable bonds is 7. The van der Waals surface area contributed by atoms with Gasteiger partial charge in [-0.25, -0.2) is 0 Å². The van der Waals surface area contributed by atoms with Gasteiger partial charge in [0, 0.05) is 23.3 Å². The van der Waals surface area contributed by atoms with Gasteiger partial charge in [-0.05, 0) is 48.6 Å². The van der Waals surface area contributed by atoms with Crippen molar-refractivity contribution >= 4 is 29.1 Å². The Kier molecular flexibility index (Phi) is 7.22. The number of aliphatic hydroxyl groups excluding tert-OH is 1. The molecule has 4 unspecified atom stereocenters. The number of aliphatic hydroxyl groups is 1. The summed E-state index contributed by atoms with van der Waals surface area (Å²) in [5.74, 6) is -0.00453. The van der Waals surface area contributed by atoms with Crippen LogP contribution in [0.4, 0.5) is 0 Å². The molecule has 3 rings (SSSR count). The maximum absolute atomic E-state index is 13.8. The lowest BCUT2D eigenvalue weighted by atomic mass is 9.67. The third kappa shape index (κ3) is 4.41. The van der Waals surface area contributed by atoms with Gasteiger partial charge < -0.3 is 10.0 Å². The van der Waals surface area contributed by atoms with Crippen molar-refractivity contribution in [3.63, 3.8) is 0 Å². The molecule has 1 N–H and O–H groups in total. The molecule has 1 aliphatic rings. The van der Waals surface area contributed by atoms with Crippen molar-refractivity contribution in [2.75, 3.05) is 6.61 Å². The van der Waals surface area contributed by atoms with E-state index in [0.29, 0.717) is 29.3 Å². The van der Waals surface area contributed by atoms with Gasteiger partial charge in [-0.2, -0.15) is 0 Å². The molecule has 4 nitrogen and oxygen atoms in total. The minimum absolute atomic E-state index is 0.0366. The molecule has 6 heteroatoms. The molecule has 0 radical (unpaired) electrons. The van der Waals surface area contributed by atoms with Crippen molar-refractivity contribution in [1.29, 1.82) is 0 Å². The standard InChI is InChI=1S/C24H28Cl2N2O2/c1-4-10-24(3)12-21(17-11-19(26)14-27-13-17)22(16-6-8-18(25)9-7-16)28(23(24)30)20(5-2)15-29/h4,6-9,11,13-14,20-22,29H,1,5,10,12,15H2,2-3H3. The third-order valence-corrected chi connectivity index (χ3v) is 6.60. The molecule has 160 valence electrons. The number of carbonyl (C=O) groups is 1. The monoisotopic (exact) mass is 446 g/mol. The fraction of sp³-hybridized carbons (Fsp3) is 0.417. The van der Waals surface area contributed by atoms with Gasteiger partial charge in [-0.3, -0.25) is 9.78 Å². The summed E-state index contributed by atoms with van der Waals surface area (Å²) in [5, 5.41) is 11.3. The summed E-state index contributed by atoms with van der Waals surface area (Å²) >= 11 is 12.4. The van der Waals surface area contributed by atoms with E-state index in [1.54, 1.807) is 12.3 Å². The van der Waals surface area contributed by atoms with E-state index >= 15 is 0 Å². The van der Waals surface area contributed by atoms with E-state index in [2.05, 4.69) is 11.6 Å². The quantitative estimate of drug-likeness (QED) is 0.546. The van der Waals surface area contributed by atoms with Crippen LogP contribution in [0.5, 0.6) is 0 Å². The SMILES string of the molecule is C=CCC1(C)CC(c2cncc(Cl)c2)C(c2ccc(Cl)cc2)N(C(CC)CO)C1=O. The first-order chi connectivity index (χ1) is 14.3. The van der Waals surface area contributed by atoms with Crippen LogP contribution in [0.1, 0.15) is 56.2 Å². The third-order valence-electron chi connectivity index (χ3n) is 6.14. The number of nitrogens with zero attached hydrogens (tertiary/aromatic N) is 2. The minimum Gasteiger partial charge on any atom is -0.394 e. The average Bonchev–Trinajstić information content (AvgIpc) is 2.73. The number of piperidine rings is 1. The molecule has 1 aromatic carbocycles. The van der Waals surface area contributed by atoms with Crippen LogP contribution in [-0.4, -0.2) is 33.5 Å². The number of hydrogen-bond donors (Lipinski definition) is 1. The van der Waals surface area contributed by atoms with Gasteiger partial charge in [0.2, 0.25) is 5.91 Å². The van der Waals surface area contributed by atoms with Crippen LogP contribution in [0.3, 0.4) is 0 Å². The van der Waals surface area contributed by atoms with Gasteiger partial charge >= 0.3 is 0 Å². The van der Waals surface area contributed by atoms with Crippen molar-refractivity contribution in [2.24, 2.45) is 5.41 Å². The Morgan fingerprint density at radius 3 is 2.53 bits per heavy atom. The van der Waals surface area contributed by atoms with Gasteiger partial charge in [-0.15, -0.1) is 6.58 Å². The fourth-order valence-corrected chi connectivity index (χ4v) is 4.90. The van der Waals surface area contributed by atoms with Crippen LogP contribution in [0, 0.1) is 5.41 Å². The number of likely N-dealkylation sites (tertiary alicyclic amines) is 1. The topological polar surface area (TPSA) is 53.4 Å². The van der Waals surface area contributed by atoms with E-state index in [1.165, 1.54) is 0 Å². The summed E-state index contributed by atoms with van der Waals surface area (Å²) in [6.07, 6.45) is 7.07. The van der Waals surface area contributed by atoms with E-state index in [9.17, 15) is 9.90 Å². The largest absolute Gasteiger partial charge is 0.394 e. The number of halogens is 2. The van der Waals surface area contributed by atoms with Crippen LogP contribution < -0.4 is 0 Å². The molecule has 4 atom stereocenters. The lowest BCUT2D eigenvalue weighted by Crippen LogP contribution is -2.56. The zero-order chi connectivity index (χ0) is 21.9. The van der Waals surface area contributed by atoms with Crippen LogP contribution >= 0.6 is 23.2 Å². The number of benzene rings is 1. The van der Waals surface area contributed by atoms with E-state index in [-0.39, 0.29) is 30.5 Å². The van der Waals surface area contributed by atoms with Gasteiger partial charge in [-0.1, -0.05) is 55.3 Å². The molecule has 0 saturated carbocycles. The second-order valence-corrected chi connectivity index (χ2v) is 9.13.